The van der Waals surface area contributed by atoms with E-state index in [1.807, 2.05) is 33.0 Å². The number of ether oxygens (including phenoxy) is 1. The van der Waals surface area contributed by atoms with E-state index in [-0.39, 0.29) is 41.8 Å². The number of hydrogen-bond acceptors (Lipinski definition) is 7. The molecule has 3 rings (SSSR count). The van der Waals surface area contributed by atoms with Crippen LogP contribution in [-0.4, -0.2) is 56.8 Å². The van der Waals surface area contributed by atoms with Crippen LogP contribution in [0.4, 0.5) is 0 Å². The number of carbonyl (C=O) groups excluding carboxylic acids is 2. The van der Waals surface area contributed by atoms with Crippen LogP contribution in [0.2, 0.25) is 0 Å². The fraction of sp³-hybridized carbons (Fsp3) is 0.741. The topological polar surface area (TPSA) is 112 Å². The second-order valence-corrected chi connectivity index (χ2v) is 12.7. The molecule has 8 heteroatoms. The van der Waals surface area contributed by atoms with E-state index in [9.17, 15) is 19.8 Å². The molecule has 1 aromatic heterocycles. The molecular formula is C27H42N2O5S. The van der Waals surface area contributed by atoms with Gasteiger partial charge in [-0.25, -0.2) is 4.98 Å². The Morgan fingerprint density at radius 1 is 1.26 bits per heavy atom. The SMILES string of the molecule is C/C(=C\c1cnc(C)s1)C1CC2OC2(C)CCCC(C)C(O)C(C)C(=O)C(C)(C)C(O)CC(=O)N1. The molecule has 196 valence electrons. The van der Waals surface area contributed by atoms with Gasteiger partial charge in [-0.1, -0.05) is 34.1 Å². The molecule has 35 heavy (non-hydrogen) atoms. The van der Waals surface area contributed by atoms with Gasteiger partial charge in [-0.05, 0) is 51.2 Å². The van der Waals surface area contributed by atoms with E-state index >= 15 is 0 Å². The number of thiazole rings is 1. The Labute approximate surface area is 213 Å². The molecular weight excluding hydrogens is 464 g/mol. The van der Waals surface area contributed by atoms with Gasteiger partial charge in [0.2, 0.25) is 5.91 Å². The summed E-state index contributed by atoms with van der Waals surface area (Å²) >= 11 is 1.60. The molecule has 0 radical (unpaired) electrons. The molecule has 0 aliphatic carbocycles. The van der Waals surface area contributed by atoms with E-state index < -0.39 is 23.5 Å². The van der Waals surface area contributed by atoms with Gasteiger partial charge in [-0.15, -0.1) is 11.3 Å². The number of amides is 1. The van der Waals surface area contributed by atoms with Gasteiger partial charge in [-0.3, -0.25) is 9.59 Å². The average Bonchev–Trinajstić information content (AvgIpc) is 3.22. The van der Waals surface area contributed by atoms with Gasteiger partial charge in [-0.2, -0.15) is 0 Å². The molecule has 0 spiro atoms. The summed E-state index contributed by atoms with van der Waals surface area (Å²) in [6, 6.07) is -0.254. The average molecular weight is 507 g/mol. The van der Waals surface area contributed by atoms with Gasteiger partial charge in [0, 0.05) is 23.4 Å². The minimum absolute atomic E-state index is 0.0225. The summed E-state index contributed by atoms with van der Waals surface area (Å²) < 4.78 is 6.10. The van der Waals surface area contributed by atoms with Crippen LogP contribution in [-0.2, 0) is 14.3 Å². The summed E-state index contributed by atoms with van der Waals surface area (Å²) in [4.78, 5) is 31.6. The van der Waals surface area contributed by atoms with E-state index in [0.29, 0.717) is 6.42 Å². The lowest BCUT2D eigenvalue weighted by Crippen LogP contribution is -2.47. The Morgan fingerprint density at radius 2 is 1.94 bits per heavy atom. The maximum atomic E-state index is 13.2. The number of rotatable bonds is 2. The second kappa shape index (κ2) is 10.8. The number of aryl methyl sites for hydroxylation is 1. The zero-order valence-corrected chi connectivity index (χ0v) is 22.9. The highest BCUT2D eigenvalue weighted by Crippen LogP contribution is 2.44. The van der Waals surface area contributed by atoms with E-state index in [1.165, 1.54) is 0 Å². The van der Waals surface area contributed by atoms with Crippen molar-refractivity contribution in [3.8, 4) is 0 Å². The molecule has 1 aromatic rings. The smallest absolute Gasteiger partial charge is 0.223 e. The number of carbonyl (C=O) groups is 2. The molecule has 7 unspecified atom stereocenters. The summed E-state index contributed by atoms with van der Waals surface area (Å²) in [6.07, 6.45) is 4.90. The Bertz CT molecular complexity index is 957. The van der Waals surface area contributed by atoms with Crippen molar-refractivity contribution >= 4 is 29.1 Å². The quantitative estimate of drug-likeness (QED) is 0.522. The number of hydrogen-bond donors (Lipinski definition) is 3. The van der Waals surface area contributed by atoms with Crippen molar-refractivity contribution in [1.82, 2.24) is 10.3 Å². The molecule has 0 bridgehead atoms. The van der Waals surface area contributed by atoms with Crippen LogP contribution >= 0.6 is 11.3 Å². The highest BCUT2D eigenvalue weighted by molar-refractivity contribution is 7.12. The van der Waals surface area contributed by atoms with Gasteiger partial charge < -0.3 is 20.3 Å². The third kappa shape index (κ3) is 6.59. The second-order valence-electron chi connectivity index (χ2n) is 11.4. The standard InChI is InChI=1S/C27H42N2O5S/c1-15-9-8-10-27(7)22(34-27)12-20(16(2)11-19-14-28-18(4)35-19)29-23(31)13-21(30)26(5,6)25(33)17(3)24(15)32/h11,14-15,17,20-22,24,30,32H,8-10,12-13H2,1-7H3,(H,29,31)/b16-11+. The number of nitrogens with zero attached hydrogens (tertiary/aromatic N) is 1. The van der Waals surface area contributed by atoms with Gasteiger partial charge in [0.05, 0.1) is 46.8 Å². The first-order chi connectivity index (χ1) is 16.2. The largest absolute Gasteiger partial charge is 0.392 e. The molecule has 7 nitrogen and oxygen atoms in total. The van der Waals surface area contributed by atoms with Crippen LogP contribution in [0.5, 0.6) is 0 Å². The van der Waals surface area contributed by atoms with Crippen LogP contribution in [0, 0.1) is 24.2 Å². The minimum Gasteiger partial charge on any atom is -0.392 e. The van der Waals surface area contributed by atoms with E-state index in [2.05, 4.69) is 17.2 Å². The third-order valence-electron chi connectivity index (χ3n) is 8.07. The van der Waals surface area contributed by atoms with Gasteiger partial charge in [0.15, 0.2) is 0 Å². The van der Waals surface area contributed by atoms with Crippen molar-refractivity contribution in [3.05, 3.63) is 21.7 Å². The van der Waals surface area contributed by atoms with Gasteiger partial charge in [0.1, 0.15) is 5.78 Å². The number of aliphatic hydroxyl groups excluding tert-OH is 2. The number of epoxide rings is 1. The first kappa shape index (κ1) is 28.0. The molecule has 2 fully saturated rings. The summed E-state index contributed by atoms with van der Waals surface area (Å²) in [5.74, 6) is -1.23. The van der Waals surface area contributed by atoms with Crippen molar-refractivity contribution in [2.24, 2.45) is 17.3 Å². The molecule has 3 heterocycles. The molecule has 2 aliphatic rings. The molecule has 0 saturated carbocycles. The van der Waals surface area contributed by atoms with Crippen molar-refractivity contribution < 1.29 is 24.5 Å². The fourth-order valence-corrected chi connectivity index (χ4v) is 5.98. The summed E-state index contributed by atoms with van der Waals surface area (Å²) in [5, 5.41) is 25.8. The third-order valence-corrected chi connectivity index (χ3v) is 8.93. The lowest BCUT2D eigenvalue weighted by Gasteiger charge is -2.34. The van der Waals surface area contributed by atoms with Crippen molar-refractivity contribution in [2.75, 3.05) is 0 Å². The predicted molar refractivity (Wildman–Crippen MR) is 138 cm³/mol. The molecule has 7 atom stereocenters. The Morgan fingerprint density at radius 3 is 2.57 bits per heavy atom. The summed E-state index contributed by atoms with van der Waals surface area (Å²) in [7, 11) is 0. The molecule has 2 aliphatic heterocycles. The van der Waals surface area contributed by atoms with Crippen molar-refractivity contribution in [2.45, 2.75) is 111 Å². The lowest BCUT2D eigenvalue weighted by atomic mass is 9.72. The van der Waals surface area contributed by atoms with Crippen LogP contribution in [0.1, 0.15) is 83.5 Å². The minimum atomic E-state index is -1.16. The van der Waals surface area contributed by atoms with E-state index in [0.717, 1.165) is 34.7 Å². The highest BCUT2D eigenvalue weighted by Gasteiger charge is 2.52. The number of fused-ring (bicyclic) bond motifs is 1. The first-order valence-corrected chi connectivity index (χ1v) is 13.5. The zero-order chi connectivity index (χ0) is 26.1. The normalized spacial score (nSPS) is 37.5. The maximum Gasteiger partial charge on any atom is 0.223 e. The van der Waals surface area contributed by atoms with Crippen molar-refractivity contribution in [1.29, 1.82) is 0 Å². The highest BCUT2D eigenvalue weighted by atomic mass is 32.1. The zero-order valence-electron chi connectivity index (χ0n) is 22.1. The molecule has 2 saturated heterocycles. The predicted octanol–water partition coefficient (Wildman–Crippen LogP) is 4.05. The molecule has 1 amide bonds. The fourth-order valence-electron chi connectivity index (χ4n) is 5.18. The lowest BCUT2D eigenvalue weighted by molar-refractivity contribution is -0.143. The van der Waals surface area contributed by atoms with Crippen LogP contribution in [0.25, 0.3) is 6.08 Å². The van der Waals surface area contributed by atoms with Crippen LogP contribution in [0.15, 0.2) is 11.8 Å². The molecule has 0 aromatic carbocycles. The Hall–Kier alpha value is -1.61. The summed E-state index contributed by atoms with van der Waals surface area (Å²) in [6.45, 7) is 13.0. The first-order valence-electron chi connectivity index (χ1n) is 12.7. The Balaban J connectivity index is 1.85. The van der Waals surface area contributed by atoms with E-state index in [4.69, 9.17) is 4.74 Å². The number of ketones is 1. The molecule has 3 N–H and O–H groups in total. The number of Topliss-reactive ketones (excluding diaryl/α,β-unsaturated/α-hetero) is 1. The summed E-state index contributed by atoms with van der Waals surface area (Å²) in [5.41, 5.74) is -0.418. The van der Waals surface area contributed by atoms with Crippen LogP contribution in [0.3, 0.4) is 0 Å². The number of nitrogens with one attached hydrogen (secondary N) is 1. The maximum absolute atomic E-state index is 13.2. The number of aliphatic hydroxyl groups is 2. The van der Waals surface area contributed by atoms with Crippen LogP contribution < -0.4 is 5.32 Å². The Kier molecular flexibility index (Phi) is 8.62. The van der Waals surface area contributed by atoms with Gasteiger partial charge in [0.25, 0.3) is 0 Å². The monoisotopic (exact) mass is 506 g/mol. The number of aromatic nitrogens is 1. The van der Waals surface area contributed by atoms with Gasteiger partial charge >= 0.3 is 0 Å². The van der Waals surface area contributed by atoms with Crippen molar-refractivity contribution in [3.63, 3.8) is 0 Å². The van der Waals surface area contributed by atoms with E-state index in [1.54, 1.807) is 32.1 Å².